The topological polar surface area (TPSA) is 79.8 Å². The Hall–Kier alpha value is -3.28. The van der Waals surface area contributed by atoms with Crippen LogP contribution >= 0.6 is 0 Å². The minimum absolute atomic E-state index is 0.261. The van der Waals surface area contributed by atoms with Crippen LogP contribution in [0.4, 0.5) is 11.5 Å². The summed E-state index contributed by atoms with van der Waals surface area (Å²) in [6.07, 6.45) is 1.74. The summed E-state index contributed by atoms with van der Waals surface area (Å²) >= 11 is 0. The summed E-state index contributed by atoms with van der Waals surface area (Å²) in [5.74, 6) is 0.298. The van der Waals surface area contributed by atoms with E-state index in [1.807, 2.05) is 48.5 Å². The van der Waals surface area contributed by atoms with Crippen molar-refractivity contribution in [3.8, 4) is 0 Å². The fraction of sp³-hybridized carbons (Fsp3) is 0.0588. The molecule has 3 aromatic rings. The van der Waals surface area contributed by atoms with Crippen LogP contribution in [0, 0.1) is 0 Å². The highest BCUT2D eigenvalue weighted by Crippen LogP contribution is 2.09. The normalized spacial score (nSPS) is 10.1. The van der Waals surface area contributed by atoms with Crippen LogP contribution in [0.2, 0.25) is 0 Å². The number of anilines is 2. The second-order valence-electron chi connectivity index (χ2n) is 4.80. The van der Waals surface area contributed by atoms with Gasteiger partial charge in [0.2, 0.25) is 0 Å². The maximum absolute atomic E-state index is 12.1. The zero-order valence-electron chi connectivity index (χ0n) is 12.3. The zero-order valence-corrected chi connectivity index (χ0v) is 12.3. The summed E-state index contributed by atoms with van der Waals surface area (Å²) < 4.78 is 0. The Labute approximate surface area is 133 Å². The van der Waals surface area contributed by atoms with E-state index in [0.717, 1.165) is 11.4 Å². The van der Waals surface area contributed by atoms with Gasteiger partial charge in [0, 0.05) is 11.9 Å². The van der Waals surface area contributed by atoms with E-state index in [9.17, 15) is 4.79 Å². The molecule has 6 heteroatoms. The van der Waals surface area contributed by atoms with Crippen LogP contribution in [0.25, 0.3) is 0 Å². The summed E-state index contributed by atoms with van der Waals surface area (Å²) in [4.78, 5) is 16.3. The molecule has 0 radical (unpaired) electrons. The Balaban J connectivity index is 1.59. The van der Waals surface area contributed by atoms with Crippen molar-refractivity contribution in [1.82, 2.24) is 15.2 Å². The first-order valence-corrected chi connectivity index (χ1v) is 7.15. The largest absolute Gasteiger partial charge is 0.363 e. The molecule has 0 saturated heterocycles. The number of carbonyl (C=O) groups excluding carboxylic acids is 1. The van der Waals surface area contributed by atoms with Gasteiger partial charge < -0.3 is 10.6 Å². The van der Waals surface area contributed by atoms with Gasteiger partial charge in [0.05, 0.1) is 12.2 Å². The molecule has 0 spiro atoms. The van der Waals surface area contributed by atoms with Crippen molar-refractivity contribution < 1.29 is 4.79 Å². The predicted octanol–water partition coefficient (Wildman–Crippen LogP) is 2.74. The number of para-hydroxylation sites is 1. The van der Waals surface area contributed by atoms with Crippen LogP contribution in [0.5, 0.6) is 0 Å². The lowest BCUT2D eigenvalue weighted by atomic mass is 10.3. The lowest BCUT2D eigenvalue weighted by Crippen LogP contribution is -2.14. The third-order valence-electron chi connectivity index (χ3n) is 3.11. The van der Waals surface area contributed by atoms with Gasteiger partial charge in [0.1, 0.15) is 5.82 Å². The van der Waals surface area contributed by atoms with Crippen molar-refractivity contribution in [2.45, 2.75) is 6.54 Å². The molecule has 6 nitrogen and oxygen atoms in total. The fourth-order valence-electron chi connectivity index (χ4n) is 1.95. The summed E-state index contributed by atoms with van der Waals surface area (Å²) in [6.45, 7) is 0.547. The molecule has 114 valence electrons. The third kappa shape index (κ3) is 4.10. The van der Waals surface area contributed by atoms with E-state index >= 15 is 0 Å². The van der Waals surface area contributed by atoms with Crippen molar-refractivity contribution in [2.24, 2.45) is 0 Å². The van der Waals surface area contributed by atoms with Gasteiger partial charge in [-0.1, -0.05) is 24.3 Å². The van der Waals surface area contributed by atoms with Gasteiger partial charge >= 0.3 is 0 Å². The predicted molar refractivity (Wildman–Crippen MR) is 88.0 cm³/mol. The maximum atomic E-state index is 12.1. The third-order valence-corrected chi connectivity index (χ3v) is 3.11. The number of carbonyl (C=O) groups is 1. The molecule has 2 N–H and O–H groups in total. The molecular weight excluding hydrogens is 290 g/mol. The SMILES string of the molecule is O=C(Nc1ccccc1)c1ccc(NCc2ccccn2)nn1. The smallest absolute Gasteiger partial charge is 0.276 e. The first-order chi connectivity index (χ1) is 11.3. The molecule has 0 aliphatic rings. The average Bonchev–Trinajstić information content (AvgIpc) is 2.62. The van der Waals surface area contributed by atoms with Gasteiger partial charge in [0.15, 0.2) is 5.69 Å². The molecule has 0 aliphatic heterocycles. The highest BCUT2D eigenvalue weighted by atomic mass is 16.1. The molecule has 1 amide bonds. The zero-order chi connectivity index (χ0) is 15.9. The number of hydrogen-bond donors (Lipinski definition) is 2. The molecule has 0 saturated carbocycles. The van der Waals surface area contributed by atoms with E-state index in [-0.39, 0.29) is 11.6 Å². The van der Waals surface area contributed by atoms with Gasteiger partial charge in [0.25, 0.3) is 5.91 Å². The number of rotatable bonds is 5. The van der Waals surface area contributed by atoms with Gasteiger partial charge in [-0.25, -0.2) is 0 Å². The molecule has 2 heterocycles. The van der Waals surface area contributed by atoms with Gasteiger partial charge in [-0.05, 0) is 36.4 Å². The summed E-state index contributed by atoms with van der Waals surface area (Å²) in [5, 5.41) is 13.8. The van der Waals surface area contributed by atoms with E-state index in [4.69, 9.17) is 0 Å². The minimum Gasteiger partial charge on any atom is -0.363 e. The molecular formula is C17H15N5O. The average molecular weight is 305 g/mol. The first kappa shape index (κ1) is 14.6. The molecule has 0 aliphatic carbocycles. The van der Waals surface area contributed by atoms with Crippen LogP contribution in [0.15, 0.2) is 66.9 Å². The highest BCUT2D eigenvalue weighted by molar-refractivity contribution is 6.02. The van der Waals surface area contributed by atoms with Gasteiger partial charge in [-0.2, -0.15) is 0 Å². The van der Waals surface area contributed by atoms with Crippen molar-refractivity contribution >= 4 is 17.4 Å². The molecule has 1 aromatic carbocycles. The van der Waals surface area contributed by atoms with Crippen LogP contribution in [-0.2, 0) is 6.54 Å². The monoisotopic (exact) mass is 305 g/mol. The van der Waals surface area contributed by atoms with Crippen molar-refractivity contribution in [2.75, 3.05) is 10.6 Å². The van der Waals surface area contributed by atoms with Crippen molar-refractivity contribution in [3.63, 3.8) is 0 Å². The van der Waals surface area contributed by atoms with E-state index in [0.29, 0.717) is 12.4 Å². The Morgan fingerprint density at radius 3 is 2.43 bits per heavy atom. The van der Waals surface area contributed by atoms with Crippen LogP contribution in [-0.4, -0.2) is 21.1 Å². The second kappa shape index (κ2) is 7.13. The minimum atomic E-state index is -0.292. The number of nitrogens with one attached hydrogen (secondary N) is 2. The molecule has 23 heavy (non-hydrogen) atoms. The Kier molecular flexibility index (Phi) is 4.54. The number of nitrogens with zero attached hydrogens (tertiary/aromatic N) is 3. The van der Waals surface area contributed by atoms with Gasteiger partial charge in [-0.15, -0.1) is 10.2 Å². The summed E-state index contributed by atoms with van der Waals surface area (Å²) in [6, 6.07) is 18.3. The first-order valence-electron chi connectivity index (χ1n) is 7.15. The fourth-order valence-corrected chi connectivity index (χ4v) is 1.95. The lowest BCUT2D eigenvalue weighted by Gasteiger charge is -2.06. The maximum Gasteiger partial charge on any atom is 0.276 e. The van der Waals surface area contributed by atoms with E-state index in [2.05, 4.69) is 25.8 Å². The van der Waals surface area contributed by atoms with Crippen LogP contribution < -0.4 is 10.6 Å². The molecule has 0 fully saturated rings. The number of pyridine rings is 1. The van der Waals surface area contributed by atoms with Crippen LogP contribution in [0.1, 0.15) is 16.2 Å². The molecule has 2 aromatic heterocycles. The number of hydrogen-bond acceptors (Lipinski definition) is 5. The Morgan fingerprint density at radius 1 is 0.913 bits per heavy atom. The van der Waals surface area contributed by atoms with E-state index in [1.165, 1.54) is 0 Å². The highest BCUT2D eigenvalue weighted by Gasteiger charge is 2.08. The quantitative estimate of drug-likeness (QED) is 0.757. The second-order valence-corrected chi connectivity index (χ2v) is 4.80. The number of amides is 1. The number of aromatic nitrogens is 3. The van der Waals surface area contributed by atoms with Crippen molar-refractivity contribution in [3.05, 3.63) is 78.2 Å². The Morgan fingerprint density at radius 2 is 1.74 bits per heavy atom. The van der Waals surface area contributed by atoms with Crippen molar-refractivity contribution in [1.29, 1.82) is 0 Å². The molecule has 0 atom stereocenters. The molecule has 3 rings (SSSR count). The van der Waals surface area contributed by atoms with Gasteiger partial charge in [-0.3, -0.25) is 9.78 Å². The van der Waals surface area contributed by atoms with E-state index in [1.54, 1.807) is 18.3 Å². The lowest BCUT2D eigenvalue weighted by molar-refractivity contribution is 0.102. The molecule has 0 bridgehead atoms. The standard InChI is InChI=1S/C17H15N5O/c23-17(20-13-6-2-1-3-7-13)15-9-10-16(22-21-15)19-12-14-8-4-5-11-18-14/h1-11H,12H2,(H,19,22)(H,20,23). The summed E-state index contributed by atoms with van der Waals surface area (Å²) in [5.41, 5.74) is 1.88. The Bertz CT molecular complexity index is 760. The van der Waals surface area contributed by atoms with Crippen LogP contribution in [0.3, 0.4) is 0 Å². The van der Waals surface area contributed by atoms with E-state index < -0.39 is 0 Å². The number of benzene rings is 1. The molecule has 0 unspecified atom stereocenters. The summed E-state index contributed by atoms with van der Waals surface area (Å²) in [7, 11) is 0.